The number of nitrogens with zero attached hydrogens (tertiary/aromatic N) is 1. The first-order valence-electron chi connectivity index (χ1n) is 6.01. The Labute approximate surface area is 117 Å². The Morgan fingerprint density at radius 2 is 2.33 bits per heavy atom. The van der Waals surface area contributed by atoms with Crippen LogP contribution in [0.1, 0.15) is 28.4 Å². The van der Waals surface area contributed by atoms with Gasteiger partial charge in [-0.25, -0.2) is 0 Å². The second kappa shape index (κ2) is 5.19. The fourth-order valence-electron chi connectivity index (χ4n) is 2.24. The Balaban J connectivity index is 2.14. The summed E-state index contributed by atoms with van der Waals surface area (Å²) in [6.45, 7) is 7.17. The summed E-state index contributed by atoms with van der Waals surface area (Å²) >= 11 is 7.40. The van der Waals surface area contributed by atoms with Gasteiger partial charge in [0.2, 0.25) is 0 Å². The molecule has 100 valence electrons. The van der Waals surface area contributed by atoms with Crippen LogP contribution >= 0.6 is 22.9 Å². The molecule has 1 aliphatic rings. The number of alkyl halides is 1. The number of amides is 1. The average molecular weight is 288 g/mol. The molecule has 0 saturated carbocycles. The summed E-state index contributed by atoms with van der Waals surface area (Å²) in [5.74, 6) is 0.496. The van der Waals surface area contributed by atoms with Gasteiger partial charge in [0.25, 0.3) is 5.91 Å². The fourth-order valence-corrected chi connectivity index (χ4v) is 3.23. The molecule has 1 aromatic heterocycles. The van der Waals surface area contributed by atoms with Crippen molar-refractivity contribution in [2.45, 2.75) is 32.5 Å². The highest BCUT2D eigenvalue weighted by Gasteiger charge is 2.35. The summed E-state index contributed by atoms with van der Waals surface area (Å²) in [4.78, 5) is 16.2. The lowest BCUT2D eigenvalue weighted by Crippen LogP contribution is -2.55. The lowest BCUT2D eigenvalue weighted by molar-refractivity contribution is -0.117. The van der Waals surface area contributed by atoms with Crippen molar-refractivity contribution in [2.75, 3.05) is 19.0 Å². The van der Waals surface area contributed by atoms with E-state index < -0.39 is 0 Å². The minimum absolute atomic E-state index is 0.0829. The molecule has 18 heavy (non-hydrogen) atoms. The van der Waals surface area contributed by atoms with Crippen LogP contribution in [0.5, 0.6) is 0 Å². The van der Waals surface area contributed by atoms with Crippen LogP contribution < -0.4 is 0 Å². The van der Waals surface area contributed by atoms with Gasteiger partial charge in [-0.1, -0.05) is 0 Å². The van der Waals surface area contributed by atoms with Gasteiger partial charge < -0.3 is 9.64 Å². The molecule has 0 bridgehead atoms. The lowest BCUT2D eigenvalue weighted by Gasteiger charge is -2.42. The molecule has 1 atom stereocenters. The van der Waals surface area contributed by atoms with Gasteiger partial charge in [-0.05, 0) is 32.9 Å². The van der Waals surface area contributed by atoms with Gasteiger partial charge in [0.1, 0.15) is 0 Å². The van der Waals surface area contributed by atoms with Gasteiger partial charge in [0.05, 0.1) is 22.5 Å². The van der Waals surface area contributed by atoms with Crippen molar-refractivity contribution in [2.24, 2.45) is 0 Å². The van der Waals surface area contributed by atoms with Crippen LogP contribution in [-0.4, -0.2) is 41.5 Å². The molecule has 1 fully saturated rings. The van der Waals surface area contributed by atoms with Crippen molar-refractivity contribution in [1.29, 1.82) is 0 Å². The van der Waals surface area contributed by atoms with Gasteiger partial charge in [-0.3, -0.25) is 4.79 Å². The molecule has 1 amide bonds. The number of carbonyl (C=O) groups is 1. The normalized spacial score (nSPS) is 23.1. The molecular formula is C13H18ClNO2S. The van der Waals surface area contributed by atoms with Gasteiger partial charge in [0.15, 0.2) is 0 Å². The minimum atomic E-state index is -0.334. The van der Waals surface area contributed by atoms with Crippen LogP contribution in [0.4, 0.5) is 0 Å². The Kier molecular flexibility index (Phi) is 3.99. The number of thiophene rings is 1. The van der Waals surface area contributed by atoms with E-state index in [-0.39, 0.29) is 17.6 Å². The van der Waals surface area contributed by atoms with E-state index >= 15 is 0 Å². The maximum absolute atomic E-state index is 12.4. The van der Waals surface area contributed by atoms with Gasteiger partial charge in [0, 0.05) is 18.0 Å². The quantitative estimate of drug-likeness (QED) is 0.783. The first-order chi connectivity index (χ1) is 8.41. The van der Waals surface area contributed by atoms with Crippen molar-refractivity contribution in [3.8, 4) is 0 Å². The second-order valence-electron chi connectivity index (χ2n) is 5.25. The van der Waals surface area contributed by atoms with Gasteiger partial charge in [-0.2, -0.15) is 0 Å². The highest BCUT2D eigenvalue weighted by molar-refractivity contribution is 7.13. The van der Waals surface area contributed by atoms with E-state index in [1.165, 1.54) is 11.3 Å². The van der Waals surface area contributed by atoms with Crippen LogP contribution in [0.3, 0.4) is 0 Å². The fraction of sp³-hybridized carbons (Fsp3) is 0.615. The summed E-state index contributed by atoms with van der Waals surface area (Å²) < 4.78 is 5.82. The zero-order valence-corrected chi connectivity index (χ0v) is 12.5. The second-order valence-corrected chi connectivity index (χ2v) is 6.85. The predicted octanol–water partition coefficient (Wildman–Crippen LogP) is 2.91. The molecule has 0 aromatic carbocycles. The number of rotatable bonds is 2. The Bertz CT molecular complexity index is 444. The van der Waals surface area contributed by atoms with E-state index in [1.54, 1.807) is 0 Å². The molecule has 0 spiro atoms. The zero-order valence-electron chi connectivity index (χ0n) is 10.9. The molecule has 2 heterocycles. The molecule has 1 saturated heterocycles. The third kappa shape index (κ3) is 3.05. The molecule has 0 aliphatic carbocycles. The van der Waals surface area contributed by atoms with Crippen molar-refractivity contribution in [1.82, 2.24) is 4.90 Å². The van der Waals surface area contributed by atoms with Crippen molar-refractivity contribution >= 4 is 28.8 Å². The van der Waals surface area contributed by atoms with E-state index in [1.807, 2.05) is 37.8 Å². The molecule has 1 aliphatic heterocycles. The van der Waals surface area contributed by atoms with E-state index in [9.17, 15) is 4.79 Å². The maximum Gasteiger partial charge on any atom is 0.264 e. The predicted molar refractivity (Wildman–Crippen MR) is 74.6 cm³/mol. The minimum Gasteiger partial charge on any atom is -0.367 e. The first kappa shape index (κ1) is 13.8. The Hall–Kier alpha value is -0.580. The number of hydrogen-bond acceptors (Lipinski definition) is 3. The molecular weight excluding hydrogens is 270 g/mol. The first-order valence-corrected chi connectivity index (χ1v) is 7.36. The third-order valence-corrected chi connectivity index (χ3v) is 4.22. The van der Waals surface area contributed by atoms with Crippen molar-refractivity contribution < 1.29 is 9.53 Å². The molecule has 3 nitrogen and oxygen atoms in total. The van der Waals surface area contributed by atoms with Crippen molar-refractivity contribution in [3.05, 3.63) is 21.9 Å². The topological polar surface area (TPSA) is 29.5 Å². The van der Waals surface area contributed by atoms with E-state index in [0.29, 0.717) is 19.0 Å². The number of morpholine rings is 1. The van der Waals surface area contributed by atoms with E-state index in [2.05, 4.69) is 0 Å². The molecule has 5 heteroatoms. The number of carbonyl (C=O) groups excluding carboxylic acids is 1. The van der Waals surface area contributed by atoms with Crippen LogP contribution in [0.25, 0.3) is 0 Å². The summed E-state index contributed by atoms with van der Waals surface area (Å²) in [6.07, 6.45) is -0.0829. The van der Waals surface area contributed by atoms with Crippen LogP contribution in [0.15, 0.2) is 12.1 Å². The molecule has 2 rings (SSSR count). The molecule has 0 N–H and O–H groups in total. The average Bonchev–Trinajstić information content (AvgIpc) is 2.72. The summed E-state index contributed by atoms with van der Waals surface area (Å²) in [6, 6.07) is 3.86. The highest BCUT2D eigenvalue weighted by atomic mass is 35.5. The summed E-state index contributed by atoms with van der Waals surface area (Å²) in [5.41, 5.74) is -0.334. The SMILES string of the molecule is Cc1ccc(C(=O)N2CC(CCl)OC(C)(C)C2)s1. The number of halogens is 1. The van der Waals surface area contributed by atoms with Crippen molar-refractivity contribution in [3.63, 3.8) is 0 Å². The highest BCUT2D eigenvalue weighted by Crippen LogP contribution is 2.25. The number of hydrogen-bond donors (Lipinski definition) is 0. The molecule has 0 radical (unpaired) electrons. The maximum atomic E-state index is 12.4. The number of ether oxygens (including phenoxy) is 1. The third-order valence-electron chi connectivity index (χ3n) is 2.89. The lowest BCUT2D eigenvalue weighted by atomic mass is 10.1. The van der Waals surface area contributed by atoms with Gasteiger partial charge in [-0.15, -0.1) is 22.9 Å². The van der Waals surface area contributed by atoms with Gasteiger partial charge >= 0.3 is 0 Å². The Morgan fingerprint density at radius 3 is 2.89 bits per heavy atom. The summed E-state index contributed by atoms with van der Waals surface area (Å²) in [7, 11) is 0. The van der Waals surface area contributed by atoms with Crippen LogP contribution in [-0.2, 0) is 4.74 Å². The van der Waals surface area contributed by atoms with E-state index in [0.717, 1.165) is 9.75 Å². The summed E-state index contributed by atoms with van der Waals surface area (Å²) in [5, 5.41) is 0. The number of aryl methyl sites for hydroxylation is 1. The molecule has 1 unspecified atom stereocenters. The smallest absolute Gasteiger partial charge is 0.264 e. The largest absolute Gasteiger partial charge is 0.367 e. The monoisotopic (exact) mass is 287 g/mol. The van der Waals surface area contributed by atoms with Crippen LogP contribution in [0, 0.1) is 6.92 Å². The zero-order chi connectivity index (χ0) is 13.3. The Morgan fingerprint density at radius 1 is 1.61 bits per heavy atom. The standard InChI is InChI=1S/C13H18ClNO2S/c1-9-4-5-11(18-9)12(16)15-7-10(6-14)17-13(2,3)8-15/h4-5,10H,6-8H2,1-3H3. The van der Waals surface area contributed by atoms with E-state index in [4.69, 9.17) is 16.3 Å². The molecule has 1 aromatic rings. The van der Waals surface area contributed by atoms with Crippen LogP contribution in [0.2, 0.25) is 0 Å².